The molecule has 0 aromatic carbocycles. The number of halogens is 1. The summed E-state index contributed by atoms with van der Waals surface area (Å²) in [6, 6.07) is 0.0833. The van der Waals surface area contributed by atoms with Gasteiger partial charge in [0.2, 0.25) is 5.89 Å². The van der Waals surface area contributed by atoms with Crippen LogP contribution in [-0.2, 0) is 4.74 Å². The summed E-state index contributed by atoms with van der Waals surface area (Å²) in [6.45, 7) is 6.28. The van der Waals surface area contributed by atoms with Crippen LogP contribution in [0.25, 0.3) is 0 Å². The van der Waals surface area contributed by atoms with Gasteiger partial charge in [0.05, 0.1) is 19.3 Å². The fourth-order valence-corrected chi connectivity index (χ4v) is 1.35. The fraction of sp³-hybridized carbons (Fsp3) is 0.778. The lowest BCUT2D eigenvalue weighted by Crippen LogP contribution is -2.35. The standard InChI is InChI=1S/C9H15N3O2.ClH/c1-6(2)9-11-8(12-14-9)7-5-13-4-3-10-7;/h6-7,10H,3-5H2,1-2H3;1H. The zero-order valence-electron chi connectivity index (χ0n) is 8.90. The third-order valence-corrected chi connectivity index (χ3v) is 2.18. The van der Waals surface area contributed by atoms with Gasteiger partial charge in [-0.25, -0.2) is 0 Å². The quantitative estimate of drug-likeness (QED) is 0.834. The molecule has 6 heteroatoms. The topological polar surface area (TPSA) is 60.2 Å². The maximum atomic E-state index is 5.32. The average Bonchev–Trinajstić information content (AvgIpc) is 2.68. The van der Waals surface area contributed by atoms with E-state index in [0.29, 0.717) is 18.3 Å². The number of hydrogen-bond donors (Lipinski definition) is 1. The molecule has 0 saturated carbocycles. The summed E-state index contributed by atoms with van der Waals surface area (Å²) < 4.78 is 10.4. The van der Waals surface area contributed by atoms with E-state index >= 15 is 0 Å². The van der Waals surface area contributed by atoms with Crippen molar-refractivity contribution >= 4 is 12.4 Å². The highest BCUT2D eigenvalue weighted by Crippen LogP contribution is 2.16. The molecule has 2 heterocycles. The summed E-state index contributed by atoms with van der Waals surface area (Å²) in [5, 5.41) is 7.21. The number of rotatable bonds is 2. The average molecular weight is 234 g/mol. The third-order valence-electron chi connectivity index (χ3n) is 2.18. The van der Waals surface area contributed by atoms with E-state index in [4.69, 9.17) is 9.26 Å². The van der Waals surface area contributed by atoms with Gasteiger partial charge in [-0.2, -0.15) is 4.98 Å². The summed E-state index contributed by atoms with van der Waals surface area (Å²) in [6.07, 6.45) is 0. The van der Waals surface area contributed by atoms with Crippen LogP contribution in [0.2, 0.25) is 0 Å². The Balaban J connectivity index is 0.00000112. The molecule has 1 aliphatic heterocycles. The predicted octanol–water partition coefficient (Wildman–Crippen LogP) is 1.28. The van der Waals surface area contributed by atoms with E-state index in [-0.39, 0.29) is 24.4 Å². The first kappa shape index (κ1) is 12.4. The molecule has 0 amide bonds. The van der Waals surface area contributed by atoms with Gasteiger partial charge in [0.15, 0.2) is 5.82 Å². The van der Waals surface area contributed by atoms with E-state index in [1.54, 1.807) is 0 Å². The van der Waals surface area contributed by atoms with Gasteiger partial charge < -0.3 is 14.6 Å². The summed E-state index contributed by atoms with van der Waals surface area (Å²) >= 11 is 0. The van der Waals surface area contributed by atoms with Crippen molar-refractivity contribution in [3.8, 4) is 0 Å². The Morgan fingerprint density at radius 3 is 2.80 bits per heavy atom. The minimum Gasteiger partial charge on any atom is -0.378 e. The molecule has 1 fully saturated rings. The van der Waals surface area contributed by atoms with Crippen LogP contribution in [0.3, 0.4) is 0 Å². The van der Waals surface area contributed by atoms with Crippen LogP contribution in [0.4, 0.5) is 0 Å². The van der Waals surface area contributed by atoms with Gasteiger partial charge in [0.1, 0.15) is 0 Å². The van der Waals surface area contributed by atoms with Crippen molar-refractivity contribution in [3.05, 3.63) is 11.7 Å². The van der Waals surface area contributed by atoms with Crippen LogP contribution in [0.1, 0.15) is 37.5 Å². The second-order valence-electron chi connectivity index (χ2n) is 3.73. The number of ether oxygens (including phenoxy) is 1. The van der Waals surface area contributed by atoms with Gasteiger partial charge in [0.25, 0.3) is 0 Å². The Morgan fingerprint density at radius 2 is 2.27 bits per heavy atom. The molecule has 0 spiro atoms. The van der Waals surface area contributed by atoms with Crippen LogP contribution in [0.5, 0.6) is 0 Å². The van der Waals surface area contributed by atoms with E-state index in [2.05, 4.69) is 15.5 Å². The van der Waals surface area contributed by atoms with E-state index in [9.17, 15) is 0 Å². The van der Waals surface area contributed by atoms with Crippen molar-refractivity contribution in [2.75, 3.05) is 19.8 Å². The molecule has 0 aliphatic carbocycles. The van der Waals surface area contributed by atoms with Gasteiger partial charge in [-0.15, -0.1) is 12.4 Å². The highest BCUT2D eigenvalue weighted by Gasteiger charge is 2.21. The second-order valence-corrected chi connectivity index (χ2v) is 3.73. The molecule has 1 aromatic rings. The van der Waals surface area contributed by atoms with E-state index in [1.165, 1.54) is 0 Å². The smallest absolute Gasteiger partial charge is 0.229 e. The number of aromatic nitrogens is 2. The van der Waals surface area contributed by atoms with Gasteiger partial charge in [-0.1, -0.05) is 19.0 Å². The highest BCUT2D eigenvalue weighted by atomic mass is 35.5. The van der Waals surface area contributed by atoms with E-state index in [0.717, 1.165) is 13.2 Å². The first-order valence-electron chi connectivity index (χ1n) is 4.92. The molecule has 5 nitrogen and oxygen atoms in total. The summed E-state index contributed by atoms with van der Waals surface area (Å²) in [5.74, 6) is 1.67. The SMILES string of the molecule is CC(C)c1nc(C2COCCN2)no1.Cl. The first-order valence-corrected chi connectivity index (χ1v) is 4.92. The minimum atomic E-state index is 0. The fourth-order valence-electron chi connectivity index (χ4n) is 1.35. The molecule has 1 atom stereocenters. The Morgan fingerprint density at radius 1 is 1.47 bits per heavy atom. The van der Waals surface area contributed by atoms with E-state index < -0.39 is 0 Å². The first-order chi connectivity index (χ1) is 6.77. The lowest BCUT2D eigenvalue weighted by molar-refractivity contribution is 0.0734. The van der Waals surface area contributed by atoms with Gasteiger partial charge >= 0.3 is 0 Å². The maximum absolute atomic E-state index is 5.32. The number of morpholine rings is 1. The Bertz CT molecular complexity index is 297. The third kappa shape index (κ3) is 2.90. The van der Waals surface area contributed by atoms with Crippen LogP contribution >= 0.6 is 12.4 Å². The zero-order chi connectivity index (χ0) is 9.97. The summed E-state index contributed by atoms with van der Waals surface area (Å²) in [4.78, 5) is 4.31. The highest BCUT2D eigenvalue weighted by molar-refractivity contribution is 5.85. The normalized spacial score (nSPS) is 21.4. The Hall–Kier alpha value is -0.650. The van der Waals surface area contributed by atoms with Gasteiger partial charge in [-0.3, -0.25) is 0 Å². The number of nitrogens with one attached hydrogen (secondary N) is 1. The lowest BCUT2D eigenvalue weighted by Gasteiger charge is -2.20. The molecule has 1 aliphatic rings. The monoisotopic (exact) mass is 233 g/mol. The Kier molecular flexibility index (Phi) is 4.50. The molecule has 0 radical (unpaired) electrons. The molecule has 2 rings (SSSR count). The number of hydrogen-bond acceptors (Lipinski definition) is 5. The summed E-state index contributed by atoms with van der Waals surface area (Å²) in [5.41, 5.74) is 0. The molecule has 1 saturated heterocycles. The van der Waals surface area contributed by atoms with Crippen LogP contribution in [-0.4, -0.2) is 29.9 Å². The molecule has 86 valence electrons. The zero-order valence-corrected chi connectivity index (χ0v) is 9.71. The molecule has 1 unspecified atom stereocenters. The van der Waals surface area contributed by atoms with Crippen LogP contribution < -0.4 is 5.32 Å². The second kappa shape index (κ2) is 5.44. The molecular weight excluding hydrogens is 218 g/mol. The minimum absolute atomic E-state index is 0. The van der Waals surface area contributed by atoms with Crippen molar-refractivity contribution < 1.29 is 9.26 Å². The molecule has 0 bridgehead atoms. The van der Waals surface area contributed by atoms with Crippen molar-refractivity contribution in [1.82, 2.24) is 15.5 Å². The Labute approximate surface area is 95.0 Å². The predicted molar refractivity (Wildman–Crippen MR) is 57.2 cm³/mol. The lowest BCUT2D eigenvalue weighted by atomic mass is 10.2. The molecule has 1 N–H and O–H groups in total. The van der Waals surface area contributed by atoms with E-state index in [1.807, 2.05) is 13.8 Å². The van der Waals surface area contributed by atoms with Crippen molar-refractivity contribution in [1.29, 1.82) is 0 Å². The van der Waals surface area contributed by atoms with Crippen LogP contribution in [0, 0.1) is 0 Å². The van der Waals surface area contributed by atoms with Crippen molar-refractivity contribution in [2.24, 2.45) is 0 Å². The number of nitrogens with zero attached hydrogens (tertiary/aromatic N) is 2. The van der Waals surface area contributed by atoms with Gasteiger partial charge in [0, 0.05) is 12.5 Å². The van der Waals surface area contributed by atoms with Crippen molar-refractivity contribution in [2.45, 2.75) is 25.8 Å². The molecule has 15 heavy (non-hydrogen) atoms. The molecular formula is C9H16ClN3O2. The maximum Gasteiger partial charge on any atom is 0.229 e. The van der Waals surface area contributed by atoms with Crippen molar-refractivity contribution in [3.63, 3.8) is 0 Å². The van der Waals surface area contributed by atoms with Crippen LogP contribution in [0.15, 0.2) is 4.52 Å². The van der Waals surface area contributed by atoms with Gasteiger partial charge in [-0.05, 0) is 0 Å². The summed E-state index contributed by atoms with van der Waals surface area (Å²) in [7, 11) is 0. The molecule has 1 aromatic heterocycles. The largest absolute Gasteiger partial charge is 0.378 e.